The number of benzene rings is 1. The van der Waals surface area contributed by atoms with Crippen LogP contribution in [0.5, 0.6) is 0 Å². The van der Waals surface area contributed by atoms with Crippen molar-refractivity contribution >= 4 is 5.91 Å². The molecule has 0 radical (unpaired) electrons. The highest BCUT2D eigenvalue weighted by Crippen LogP contribution is 2.18. The number of rotatable bonds is 6. The average Bonchev–Trinajstić information content (AvgIpc) is 3.20. The molecule has 0 aliphatic heterocycles. The summed E-state index contributed by atoms with van der Waals surface area (Å²) in [5.74, 6) is -1.56. The summed E-state index contributed by atoms with van der Waals surface area (Å²) < 4.78 is 27.1. The second kappa shape index (κ2) is 6.44. The number of hydrogen-bond donors (Lipinski definition) is 2. The first kappa shape index (κ1) is 14.4. The molecule has 0 saturated heterocycles. The van der Waals surface area contributed by atoms with Crippen molar-refractivity contribution in [2.24, 2.45) is 0 Å². The van der Waals surface area contributed by atoms with Gasteiger partial charge in [-0.15, -0.1) is 0 Å². The molecule has 0 atom stereocenters. The van der Waals surface area contributed by atoms with E-state index >= 15 is 0 Å². The van der Waals surface area contributed by atoms with Crippen LogP contribution in [0.2, 0.25) is 0 Å². The van der Waals surface area contributed by atoms with E-state index in [0.29, 0.717) is 12.6 Å². The minimum atomic E-state index is -0.753. The number of carbonyl (C=O) groups is 1. The number of nitrogens with one attached hydrogen (secondary N) is 2. The zero-order valence-electron chi connectivity index (χ0n) is 10.9. The predicted molar refractivity (Wildman–Crippen MR) is 68.6 cm³/mol. The van der Waals surface area contributed by atoms with E-state index in [0.717, 1.165) is 25.0 Å². The van der Waals surface area contributed by atoms with Gasteiger partial charge < -0.3 is 10.6 Å². The molecule has 20 heavy (non-hydrogen) atoms. The SMILES string of the molecule is N#Cc1cc(F)c(CNCCC(=O)NC2CC2)c(F)c1. The first-order valence-corrected chi connectivity index (χ1v) is 6.48. The van der Waals surface area contributed by atoms with Gasteiger partial charge >= 0.3 is 0 Å². The zero-order valence-corrected chi connectivity index (χ0v) is 10.9. The van der Waals surface area contributed by atoms with Crippen molar-refractivity contribution in [3.8, 4) is 6.07 Å². The molecule has 1 saturated carbocycles. The van der Waals surface area contributed by atoms with E-state index in [2.05, 4.69) is 10.6 Å². The van der Waals surface area contributed by atoms with Gasteiger partial charge in [-0.2, -0.15) is 5.26 Å². The highest BCUT2D eigenvalue weighted by atomic mass is 19.1. The van der Waals surface area contributed by atoms with Crippen molar-refractivity contribution < 1.29 is 13.6 Å². The van der Waals surface area contributed by atoms with Crippen LogP contribution in [0.4, 0.5) is 8.78 Å². The van der Waals surface area contributed by atoms with Crippen molar-refractivity contribution in [3.05, 3.63) is 34.9 Å². The quantitative estimate of drug-likeness (QED) is 0.777. The third-order valence-electron chi connectivity index (χ3n) is 3.04. The van der Waals surface area contributed by atoms with Gasteiger partial charge in [0.25, 0.3) is 0 Å². The Morgan fingerprint density at radius 2 is 2.00 bits per heavy atom. The Morgan fingerprint density at radius 3 is 2.55 bits per heavy atom. The molecule has 1 amide bonds. The second-order valence-corrected chi connectivity index (χ2v) is 4.80. The third kappa shape index (κ3) is 4.00. The van der Waals surface area contributed by atoms with E-state index < -0.39 is 11.6 Å². The Bertz CT molecular complexity index is 527. The molecule has 1 aromatic rings. The smallest absolute Gasteiger partial charge is 0.221 e. The highest BCUT2D eigenvalue weighted by molar-refractivity contribution is 5.76. The number of hydrogen-bond acceptors (Lipinski definition) is 3. The van der Waals surface area contributed by atoms with E-state index in [4.69, 9.17) is 5.26 Å². The number of halogens is 2. The van der Waals surface area contributed by atoms with Gasteiger partial charge in [0.1, 0.15) is 11.6 Å². The van der Waals surface area contributed by atoms with Crippen molar-refractivity contribution in [1.82, 2.24) is 10.6 Å². The molecule has 2 rings (SSSR count). The largest absolute Gasteiger partial charge is 0.353 e. The molecule has 0 spiro atoms. The fraction of sp³-hybridized carbons (Fsp3) is 0.429. The minimum absolute atomic E-state index is 0.0138. The van der Waals surface area contributed by atoms with Crippen LogP contribution in [0.15, 0.2) is 12.1 Å². The van der Waals surface area contributed by atoms with E-state index in [1.807, 2.05) is 0 Å². The van der Waals surface area contributed by atoms with Gasteiger partial charge in [0.05, 0.1) is 11.6 Å². The summed E-state index contributed by atoms with van der Waals surface area (Å²) >= 11 is 0. The van der Waals surface area contributed by atoms with E-state index in [9.17, 15) is 13.6 Å². The van der Waals surface area contributed by atoms with Crippen LogP contribution >= 0.6 is 0 Å². The molecular formula is C14H15F2N3O. The minimum Gasteiger partial charge on any atom is -0.353 e. The molecule has 1 aromatic carbocycles. The van der Waals surface area contributed by atoms with Crippen LogP contribution in [0.25, 0.3) is 0 Å². The molecular weight excluding hydrogens is 264 g/mol. The van der Waals surface area contributed by atoms with E-state index in [1.54, 1.807) is 6.07 Å². The van der Waals surface area contributed by atoms with Gasteiger partial charge in [0, 0.05) is 31.1 Å². The maximum absolute atomic E-state index is 13.6. The zero-order chi connectivity index (χ0) is 14.5. The molecule has 4 nitrogen and oxygen atoms in total. The van der Waals surface area contributed by atoms with E-state index in [-0.39, 0.29) is 30.0 Å². The topological polar surface area (TPSA) is 64.9 Å². The standard InChI is InChI=1S/C14H15F2N3O/c15-12-5-9(7-17)6-13(16)11(12)8-18-4-3-14(20)19-10-1-2-10/h5-6,10,18H,1-4,8H2,(H,19,20). The Hall–Kier alpha value is -2.00. The van der Waals surface area contributed by atoms with Gasteiger partial charge in [-0.05, 0) is 25.0 Å². The monoisotopic (exact) mass is 279 g/mol. The summed E-state index contributed by atoms with van der Waals surface area (Å²) in [6.07, 6.45) is 2.33. The second-order valence-electron chi connectivity index (χ2n) is 4.80. The van der Waals surface area contributed by atoms with E-state index in [1.165, 1.54) is 0 Å². The lowest BCUT2D eigenvalue weighted by molar-refractivity contribution is -0.121. The summed E-state index contributed by atoms with van der Waals surface area (Å²) in [5.41, 5.74) is -0.167. The highest BCUT2D eigenvalue weighted by Gasteiger charge is 2.22. The van der Waals surface area contributed by atoms with Crippen LogP contribution in [0, 0.1) is 23.0 Å². The fourth-order valence-corrected chi connectivity index (χ4v) is 1.78. The number of nitriles is 1. The molecule has 2 N–H and O–H groups in total. The average molecular weight is 279 g/mol. The van der Waals surface area contributed by atoms with Crippen molar-refractivity contribution in [2.45, 2.75) is 31.8 Å². The molecule has 0 unspecified atom stereocenters. The van der Waals surface area contributed by atoms with Crippen molar-refractivity contribution in [2.75, 3.05) is 6.54 Å². The molecule has 0 bridgehead atoms. The molecule has 1 aliphatic rings. The molecule has 0 heterocycles. The number of carbonyl (C=O) groups excluding carboxylic acids is 1. The van der Waals surface area contributed by atoms with Crippen molar-refractivity contribution in [1.29, 1.82) is 5.26 Å². The Kier molecular flexibility index (Phi) is 4.64. The number of amides is 1. The van der Waals surface area contributed by atoms with Crippen LogP contribution < -0.4 is 10.6 Å². The summed E-state index contributed by atoms with van der Waals surface area (Å²) in [6, 6.07) is 4.00. The summed E-state index contributed by atoms with van der Waals surface area (Å²) in [7, 11) is 0. The fourth-order valence-electron chi connectivity index (χ4n) is 1.78. The van der Waals surface area contributed by atoms with Crippen molar-refractivity contribution in [3.63, 3.8) is 0 Å². The van der Waals surface area contributed by atoms with Gasteiger partial charge in [-0.3, -0.25) is 4.79 Å². The lowest BCUT2D eigenvalue weighted by atomic mass is 10.1. The Balaban J connectivity index is 1.79. The first-order valence-electron chi connectivity index (χ1n) is 6.48. The van der Waals surface area contributed by atoms with Gasteiger partial charge in [0.15, 0.2) is 0 Å². The van der Waals surface area contributed by atoms with Crippen LogP contribution in [0.3, 0.4) is 0 Å². The molecule has 1 aliphatic carbocycles. The Labute approximate surface area is 115 Å². The van der Waals surface area contributed by atoms with Gasteiger partial charge in [-0.25, -0.2) is 8.78 Å². The summed E-state index contributed by atoms with van der Waals surface area (Å²) in [4.78, 5) is 11.4. The predicted octanol–water partition coefficient (Wildman–Crippen LogP) is 1.59. The Morgan fingerprint density at radius 1 is 1.35 bits per heavy atom. The van der Waals surface area contributed by atoms with Gasteiger partial charge in [-0.1, -0.05) is 0 Å². The summed E-state index contributed by atoms with van der Waals surface area (Å²) in [5, 5.41) is 14.2. The first-order chi connectivity index (χ1) is 9.60. The normalized spacial score (nSPS) is 13.8. The number of nitrogens with zero attached hydrogens (tertiary/aromatic N) is 1. The third-order valence-corrected chi connectivity index (χ3v) is 3.04. The van der Waals surface area contributed by atoms with Crippen LogP contribution in [-0.4, -0.2) is 18.5 Å². The molecule has 106 valence electrons. The summed E-state index contributed by atoms with van der Waals surface area (Å²) in [6.45, 7) is 0.331. The molecule has 1 fully saturated rings. The lowest BCUT2D eigenvalue weighted by Crippen LogP contribution is -2.29. The maximum atomic E-state index is 13.6. The molecule has 0 aromatic heterocycles. The maximum Gasteiger partial charge on any atom is 0.221 e. The molecule has 6 heteroatoms. The van der Waals surface area contributed by atoms with Crippen LogP contribution in [0.1, 0.15) is 30.4 Å². The lowest BCUT2D eigenvalue weighted by Gasteiger charge is -2.08. The van der Waals surface area contributed by atoms with Gasteiger partial charge in [0.2, 0.25) is 5.91 Å². The van der Waals surface area contributed by atoms with Crippen LogP contribution in [-0.2, 0) is 11.3 Å².